The van der Waals surface area contributed by atoms with Crippen LogP contribution in [0.3, 0.4) is 0 Å². The molecular formula is C24H28N4O2. The average molecular weight is 405 g/mol. The van der Waals surface area contributed by atoms with Gasteiger partial charge in [0.2, 0.25) is 0 Å². The molecule has 6 heteroatoms. The molecule has 6 nitrogen and oxygen atoms in total. The highest BCUT2D eigenvalue weighted by molar-refractivity contribution is 5.96. The van der Waals surface area contributed by atoms with Crippen LogP contribution in [0.25, 0.3) is 11.2 Å². The molecular weight excluding hydrogens is 376 g/mol. The maximum atomic E-state index is 12.8. The summed E-state index contributed by atoms with van der Waals surface area (Å²) in [4.78, 5) is 24.3. The summed E-state index contributed by atoms with van der Waals surface area (Å²) >= 11 is 0. The Bertz CT molecular complexity index is 1050. The molecule has 0 N–H and O–H groups in total. The number of fused-ring (bicyclic) bond motifs is 1. The number of hydrogen-bond donors (Lipinski definition) is 0. The van der Waals surface area contributed by atoms with Crippen molar-refractivity contribution in [2.75, 3.05) is 19.7 Å². The molecule has 0 radical (unpaired) electrons. The number of likely N-dealkylation sites (tertiary alicyclic amines) is 1. The van der Waals surface area contributed by atoms with Crippen LogP contribution in [0.2, 0.25) is 0 Å². The third-order valence-corrected chi connectivity index (χ3v) is 6.04. The SMILES string of the molecule is CCOc1ccc(Cc2nc3cc(C(=O)N4CCCC4)cnc3n2CC2CC2)cc1. The summed E-state index contributed by atoms with van der Waals surface area (Å²) in [5.74, 6) is 2.69. The Morgan fingerprint density at radius 1 is 1.17 bits per heavy atom. The van der Waals surface area contributed by atoms with Gasteiger partial charge in [-0.05, 0) is 62.3 Å². The molecule has 2 aromatic heterocycles. The van der Waals surface area contributed by atoms with Crippen LogP contribution in [-0.2, 0) is 13.0 Å². The number of ether oxygens (including phenoxy) is 1. The van der Waals surface area contributed by atoms with E-state index >= 15 is 0 Å². The highest BCUT2D eigenvalue weighted by Gasteiger charge is 2.26. The lowest BCUT2D eigenvalue weighted by Crippen LogP contribution is -2.27. The largest absolute Gasteiger partial charge is 0.494 e. The molecule has 0 bridgehead atoms. The minimum absolute atomic E-state index is 0.0757. The van der Waals surface area contributed by atoms with Gasteiger partial charge in [0.1, 0.15) is 17.1 Å². The van der Waals surface area contributed by atoms with Crippen LogP contribution < -0.4 is 4.74 Å². The van der Waals surface area contributed by atoms with Gasteiger partial charge in [-0.25, -0.2) is 9.97 Å². The van der Waals surface area contributed by atoms with Crippen LogP contribution >= 0.6 is 0 Å². The van der Waals surface area contributed by atoms with Gasteiger partial charge in [0.15, 0.2) is 5.65 Å². The van der Waals surface area contributed by atoms with Crippen molar-refractivity contribution in [3.8, 4) is 5.75 Å². The lowest BCUT2D eigenvalue weighted by Gasteiger charge is -2.14. The van der Waals surface area contributed by atoms with Gasteiger partial charge in [-0.1, -0.05) is 12.1 Å². The number of carbonyl (C=O) groups excluding carboxylic acids is 1. The quantitative estimate of drug-likeness (QED) is 0.596. The number of benzene rings is 1. The van der Waals surface area contributed by atoms with E-state index in [2.05, 4.69) is 21.7 Å². The van der Waals surface area contributed by atoms with Gasteiger partial charge in [-0.3, -0.25) is 4.79 Å². The Kier molecular flexibility index (Phi) is 5.15. The van der Waals surface area contributed by atoms with Crippen LogP contribution in [0.1, 0.15) is 54.4 Å². The molecule has 0 unspecified atom stereocenters. The molecule has 0 atom stereocenters. The Hall–Kier alpha value is -2.89. The van der Waals surface area contributed by atoms with E-state index in [4.69, 9.17) is 9.72 Å². The fourth-order valence-corrected chi connectivity index (χ4v) is 4.22. The molecule has 1 aromatic carbocycles. The molecule has 2 aliphatic rings. The van der Waals surface area contributed by atoms with Gasteiger partial charge >= 0.3 is 0 Å². The van der Waals surface area contributed by atoms with Crippen molar-refractivity contribution < 1.29 is 9.53 Å². The average Bonchev–Trinajstić information content (AvgIpc) is 3.29. The van der Waals surface area contributed by atoms with Crippen molar-refractivity contribution >= 4 is 17.1 Å². The predicted molar refractivity (Wildman–Crippen MR) is 116 cm³/mol. The van der Waals surface area contributed by atoms with Gasteiger partial charge in [-0.2, -0.15) is 0 Å². The van der Waals surface area contributed by atoms with Gasteiger partial charge in [0, 0.05) is 32.3 Å². The third-order valence-electron chi connectivity index (χ3n) is 6.04. The van der Waals surface area contributed by atoms with Crippen molar-refractivity contribution in [2.45, 2.75) is 45.6 Å². The Labute approximate surface area is 176 Å². The van der Waals surface area contributed by atoms with E-state index in [0.717, 1.165) is 61.6 Å². The van der Waals surface area contributed by atoms with E-state index in [1.54, 1.807) is 6.20 Å². The summed E-state index contributed by atoms with van der Waals surface area (Å²) in [7, 11) is 0. The lowest BCUT2D eigenvalue weighted by molar-refractivity contribution is 0.0792. The molecule has 1 saturated carbocycles. The molecule has 156 valence electrons. The van der Waals surface area contributed by atoms with Gasteiger partial charge in [-0.15, -0.1) is 0 Å². The van der Waals surface area contributed by atoms with E-state index in [9.17, 15) is 4.79 Å². The Morgan fingerprint density at radius 3 is 2.63 bits per heavy atom. The summed E-state index contributed by atoms with van der Waals surface area (Å²) in [6.07, 6.45) is 7.19. The number of amides is 1. The minimum atomic E-state index is 0.0757. The normalized spacial score (nSPS) is 16.4. The Balaban J connectivity index is 1.45. The Morgan fingerprint density at radius 2 is 1.93 bits per heavy atom. The van der Waals surface area contributed by atoms with Crippen LogP contribution in [0.4, 0.5) is 0 Å². The first-order valence-electron chi connectivity index (χ1n) is 11.1. The molecule has 5 rings (SSSR count). The van der Waals surface area contributed by atoms with E-state index in [0.29, 0.717) is 18.1 Å². The number of hydrogen-bond acceptors (Lipinski definition) is 4. The molecule has 3 heterocycles. The fourth-order valence-electron chi connectivity index (χ4n) is 4.22. The fraction of sp³-hybridized carbons (Fsp3) is 0.458. The summed E-state index contributed by atoms with van der Waals surface area (Å²) < 4.78 is 7.81. The van der Waals surface area contributed by atoms with Gasteiger partial charge in [0.25, 0.3) is 5.91 Å². The van der Waals surface area contributed by atoms with E-state index in [-0.39, 0.29) is 5.91 Å². The second kappa shape index (κ2) is 8.09. The van der Waals surface area contributed by atoms with Crippen LogP contribution in [0, 0.1) is 5.92 Å². The molecule has 1 saturated heterocycles. The van der Waals surface area contributed by atoms with E-state index in [1.165, 1.54) is 18.4 Å². The van der Waals surface area contributed by atoms with E-state index in [1.807, 2.05) is 30.0 Å². The zero-order valence-corrected chi connectivity index (χ0v) is 17.5. The van der Waals surface area contributed by atoms with Gasteiger partial charge in [0.05, 0.1) is 12.2 Å². The molecule has 1 aliphatic carbocycles. The number of carbonyl (C=O) groups is 1. The first-order valence-corrected chi connectivity index (χ1v) is 11.1. The van der Waals surface area contributed by atoms with Crippen molar-refractivity contribution in [2.24, 2.45) is 5.92 Å². The number of aromatic nitrogens is 3. The first kappa shape index (κ1) is 19.1. The van der Waals surface area contributed by atoms with Gasteiger partial charge < -0.3 is 14.2 Å². The molecule has 1 aliphatic heterocycles. The van der Waals surface area contributed by atoms with Crippen LogP contribution in [0.5, 0.6) is 5.75 Å². The number of pyridine rings is 1. The molecule has 0 spiro atoms. The number of nitrogens with zero attached hydrogens (tertiary/aromatic N) is 4. The first-order chi connectivity index (χ1) is 14.7. The number of imidazole rings is 1. The van der Waals surface area contributed by atoms with Crippen molar-refractivity contribution in [1.29, 1.82) is 0 Å². The second-order valence-corrected chi connectivity index (χ2v) is 8.40. The standard InChI is InChI=1S/C24H28N4O2/c1-2-30-20-9-7-17(8-10-20)13-22-26-21-14-19(24(29)27-11-3-4-12-27)15-25-23(21)28(22)16-18-5-6-18/h7-10,14-15,18H,2-6,11-13,16H2,1H3. The highest BCUT2D eigenvalue weighted by Crippen LogP contribution is 2.33. The number of rotatable bonds is 7. The maximum Gasteiger partial charge on any atom is 0.255 e. The zero-order valence-electron chi connectivity index (χ0n) is 17.5. The maximum absolute atomic E-state index is 12.8. The molecule has 2 fully saturated rings. The van der Waals surface area contributed by atoms with Crippen molar-refractivity contribution in [3.05, 3.63) is 53.5 Å². The smallest absolute Gasteiger partial charge is 0.255 e. The highest BCUT2D eigenvalue weighted by atomic mass is 16.5. The van der Waals surface area contributed by atoms with Crippen molar-refractivity contribution in [3.63, 3.8) is 0 Å². The lowest BCUT2D eigenvalue weighted by atomic mass is 10.1. The topological polar surface area (TPSA) is 60.2 Å². The second-order valence-electron chi connectivity index (χ2n) is 8.40. The van der Waals surface area contributed by atoms with E-state index < -0.39 is 0 Å². The van der Waals surface area contributed by atoms with Crippen LogP contribution in [0.15, 0.2) is 36.5 Å². The minimum Gasteiger partial charge on any atom is -0.494 e. The third kappa shape index (κ3) is 3.91. The summed E-state index contributed by atoms with van der Waals surface area (Å²) in [5.41, 5.74) is 3.55. The predicted octanol–water partition coefficient (Wildman–Crippen LogP) is 4.07. The van der Waals surface area contributed by atoms with Crippen molar-refractivity contribution in [1.82, 2.24) is 19.4 Å². The molecule has 3 aromatic rings. The van der Waals surface area contributed by atoms with Crippen LogP contribution in [-0.4, -0.2) is 45.0 Å². The summed E-state index contributed by atoms with van der Waals surface area (Å²) in [5, 5.41) is 0. The summed E-state index contributed by atoms with van der Waals surface area (Å²) in [6.45, 7) is 5.30. The monoisotopic (exact) mass is 404 g/mol. The zero-order chi connectivity index (χ0) is 20.5. The molecule has 30 heavy (non-hydrogen) atoms. The summed E-state index contributed by atoms with van der Waals surface area (Å²) in [6, 6.07) is 10.1. The molecule has 1 amide bonds.